The lowest BCUT2D eigenvalue weighted by Gasteiger charge is -2.08. The van der Waals surface area contributed by atoms with Gasteiger partial charge in [0.05, 0.1) is 5.88 Å². The number of hydrogen-bond donors (Lipinski definition) is 3. The standard InChI is InChI=1S/C10H11N3O3S/c14-5-11-10-3-7-1-2-8(4-9(7)13-10)12-6-17(15)16/h1-5,12-13H,6H2,(H,11,14)(H,15,16)/p-1. The third-order valence-electron chi connectivity index (χ3n) is 2.23. The zero-order chi connectivity index (χ0) is 12.3. The van der Waals surface area contributed by atoms with E-state index >= 15 is 0 Å². The molecule has 1 atom stereocenters. The van der Waals surface area contributed by atoms with Gasteiger partial charge in [0.15, 0.2) is 0 Å². The smallest absolute Gasteiger partial charge is 0.212 e. The van der Waals surface area contributed by atoms with Crippen LogP contribution < -0.4 is 10.6 Å². The fourth-order valence-electron chi connectivity index (χ4n) is 1.52. The maximum atomic E-state index is 10.4. The number of aromatic amines is 1. The monoisotopic (exact) mass is 252 g/mol. The number of rotatable bonds is 5. The summed E-state index contributed by atoms with van der Waals surface area (Å²) in [5, 5.41) is 6.20. The molecule has 0 fully saturated rings. The first kappa shape index (κ1) is 11.6. The summed E-state index contributed by atoms with van der Waals surface area (Å²) in [6.07, 6.45) is 0.588. The molecular formula is C10H10N3O3S-. The summed E-state index contributed by atoms with van der Waals surface area (Å²) in [5.74, 6) is 0.464. The Morgan fingerprint density at radius 2 is 2.24 bits per heavy atom. The second-order valence-corrected chi connectivity index (χ2v) is 4.27. The highest BCUT2D eigenvalue weighted by Gasteiger charge is 2.01. The van der Waals surface area contributed by atoms with Crippen LogP contribution in [0.2, 0.25) is 0 Å². The second-order valence-electron chi connectivity index (χ2n) is 3.37. The fraction of sp³-hybridized carbons (Fsp3) is 0.100. The summed E-state index contributed by atoms with van der Waals surface area (Å²) >= 11 is -2.13. The molecule has 1 aromatic heterocycles. The Bertz CT molecular complexity index is 567. The van der Waals surface area contributed by atoms with Crippen molar-refractivity contribution in [3.05, 3.63) is 24.3 Å². The molecule has 1 heterocycles. The number of carbonyl (C=O) groups excluding carboxylic acids is 1. The van der Waals surface area contributed by atoms with Gasteiger partial charge in [-0.2, -0.15) is 0 Å². The predicted molar refractivity (Wildman–Crippen MR) is 65.4 cm³/mol. The van der Waals surface area contributed by atoms with E-state index in [-0.39, 0.29) is 5.88 Å². The van der Waals surface area contributed by atoms with Gasteiger partial charge in [0.25, 0.3) is 0 Å². The number of hydrogen-bond acceptors (Lipinski definition) is 4. The van der Waals surface area contributed by atoms with Crippen LogP contribution in [0, 0.1) is 0 Å². The number of carbonyl (C=O) groups is 1. The number of benzene rings is 1. The normalized spacial score (nSPS) is 12.3. The van der Waals surface area contributed by atoms with Crippen LogP contribution in [0.4, 0.5) is 11.5 Å². The molecule has 7 heteroatoms. The third kappa shape index (κ3) is 2.83. The SMILES string of the molecule is O=CNc1cc2ccc(NCS(=O)[O-])cc2[nH]1. The Balaban J connectivity index is 2.23. The molecule has 3 N–H and O–H groups in total. The van der Waals surface area contributed by atoms with Crippen LogP contribution in [0.3, 0.4) is 0 Å². The van der Waals surface area contributed by atoms with Crippen molar-refractivity contribution in [1.82, 2.24) is 4.98 Å². The predicted octanol–water partition coefficient (Wildman–Crippen LogP) is 0.985. The summed E-state index contributed by atoms with van der Waals surface area (Å²) in [6.45, 7) is 0. The number of anilines is 2. The van der Waals surface area contributed by atoms with Gasteiger partial charge in [0.2, 0.25) is 6.41 Å². The number of aromatic nitrogens is 1. The Hall–Kier alpha value is -1.86. The molecule has 2 rings (SSSR count). The maximum Gasteiger partial charge on any atom is 0.212 e. The molecule has 0 saturated carbocycles. The van der Waals surface area contributed by atoms with E-state index in [1.54, 1.807) is 18.2 Å². The Labute approximate surface area is 99.7 Å². The van der Waals surface area contributed by atoms with E-state index < -0.39 is 11.1 Å². The van der Waals surface area contributed by atoms with Crippen LogP contribution in [0.15, 0.2) is 24.3 Å². The Kier molecular flexibility index (Phi) is 3.40. The Morgan fingerprint density at radius 1 is 1.41 bits per heavy atom. The van der Waals surface area contributed by atoms with Crippen LogP contribution in [-0.2, 0) is 15.9 Å². The van der Waals surface area contributed by atoms with E-state index in [1.807, 2.05) is 6.07 Å². The molecule has 0 aliphatic heterocycles. The number of H-pyrrole nitrogens is 1. The number of fused-ring (bicyclic) bond motifs is 1. The maximum absolute atomic E-state index is 10.4. The molecule has 17 heavy (non-hydrogen) atoms. The topological polar surface area (TPSA) is 97.1 Å². The first-order valence-electron chi connectivity index (χ1n) is 4.82. The average Bonchev–Trinajstić information content (AvgIpc) is 2.68. The highest BCUT2D eigenvalue weighted by atomic mass is 32.2. The number of amides is 1. The summed E-state index contributed by atoms with van der Waals surface area (Å²) < 4.78 is 20.8. The van der Waals surface area contributed by atoms with Crippen molar-refractivity contribution in [2.75, 3.05) is 16.5 Å². The van der Waals surface area contributed by atoms with E-state index in [0.29, 0.717) is 17.9 Å². The van der Waals surface area contributed by atoms with Crippen molar-refractivity contribution in [3.8, 4) is 0 Å². The van der Waals surface area contributed by atoms with Crippen LogP contribution in [0.5, 0.6) is 0 Å². The lowest BCUT2D eigenvalue weighted by Crippen LogP contribution is -2.06. The quantitative estimate of drug-likeness (QED) is 0.546. The van der Waals surface area contributed by atoms with Crippen molar-refractivity contribution < 1.29 is 13.6 Å². The Morgan fingerprint density at radius 3 is 2.94 bits per heavy atom. The van der Waals surface area contributed by atoms with Gasteiger partial charge < -0.3 is 20.2 Å². The minimum absolute atomic E-state index is 0.133. The second kappa shape index (κ2) is 4.98. The van der Waals surface area contributed by atoms with Crippen molar-refractivity contribution >= 4 is 39.9 Å². The van der Waals surface area contributed by atoms with Crippen LogP contribution in [-0.4, -0.2) is 26.0 Å². The lowest BCUT2D eigenvalue weighted by molar-refractivity contribution is -0.105. The van der Waals surface area contributed by atoms with E-state index in [1.165, 1.54) is 0 Å². The molecule has 0 saturated heterocycles. The fourth-order valence-corrected chi connectivity index (χ4v) is 1.81. The van der Waals surface area contributed by atoms with Crippen molar-refractivity contribution in [2.45, 2.75) is 0 Å². The zero-order valence-electron chi connectivity index (χ0n) is 8.73. The van der Waals surface area contributed by atoms with Gasteiger partial charge in [0.1, 0.15) is 5.82 Å². The van der Waals surface area contributed by atoms with Crippen molar-refractivity contribution in [2.24, 2.45) is 0 Å². The minimum Gasteiger partial charge on any atom is -0.771 e. The molecule has 0 radical (unpaired) electrons. The van der Waals surface area contributed by atoms with E-state index in [4.69, 9.17) is 0 Å². The lowest BCUT2D eigenvalue weighted by atomic mass is 10.2. The van der Waals surface area contributed by atoms with E-state index in [0.717, 1.165) is 10.9 Å². The zero-order valence-corrected chi connectivity index (χ0v) is 9.54. The van der Waals surface area contributed by atoms with Gasteiger partial charge in [-0.15, -0.1) is 0 Å². The van der Waals surface area contributed by atoms with Gasteiger partial charge in [-0.25, -0.2) is 0 Å². The molecule has 90 valence electrons. The molecule has 6 nitrogen and oxygen atoms in total. The molecule has 0 bridgehead atoms. The van der Waals surface area contributed by atoms with E-state index in [2.05, 4.69) is 15.6 Å². The highest BCUT2D eigenvalue weighted by Crippen LogP contribution is 2.21. The first-order valence-corrected chi connectivity index (χ1v) is 6.06. The highest BCUT2D eigenvalue weighted by molar-refractivity contribution is 7.79. The first-order chi connectivity index (χ1) is 8.19. The van der Waals surface area contributed by atoms with Crippen molar-refractivity contribution in [1.29, 1.82) is 0 Å². The summed E-state index contributed by atoms with van der Waals surface area (Å²) in [6, 6.07) is 7.17. The van der Waals surface area contributed by atoms with Gasteiger partial charge >= 0.3 is 0 Å². The summed E-state index contributed by atoms with van der Waals surface area (Å²) in [5.41, 5.74) is 1.51. The molecule has 0 aliphatic carbocycles. The van der Waals surface area contributed by atoms with Crippen LogP contribution >= 0.6 is 0 Å². The molecule has 2 aromatic rings. The van der Waals surface area contributed by atoms with Crippen LogP contribution in [0.1, 0.15) is 0 Å². The molecule has 0 aliphatic rings. The molecule has 1 aromatic carbocycles. The summed E-state index contributed by atoms with van der Waals surface area (Å²) in [4.78, 5) is 13.3. The van der Waals surface area contributed by atoms with Gasteiger partial charge in [-0.1, -0.05) is 6.07 Å². The third-order valence-corrected chi connectivity index (χ3v) is 2.61. The van der Waals surface area contributed by atoms with Crippen molar-refractivity contribution in [3.63, 3.8) is 0 Å². The van der Waals surface area contributed by atoms with E-state index in [9.17, 15) is 13.6 Å². The van der Waals surface area contributed by atoms with Crippen LogP contribution in [0.25, 0.3) is 10.9 Å². The average molecular weight is 252 g/mol. The molecule has 1 unspecified atom stereocenters. The van der Waals surface area contributed by atoms with Gasteiger partial charge in [0, 0.05) is 16.6 Å². The molecule has 0 spiro atoms. The van der Waals surface area contributed by atoms with Gasteiger partial charge in [-0.3, -0.25) is 9.00 Å². The van der Waals surface area contributed by atoms with Gasteiger partial charge in [-0.05, 0) is 29.3 Å². The molecule has 1 amide bonds. The minimum atomic E-state index is -2.13. The largest absolute Gasteiger partial charge is 0.771 e. The number of nitrogens with one attached hydrogen (secondary N) is 3. The molecular weight excluding hydrogens is 242 g/mol. The summed E-state index contributed by atoms with van der Waals surface area (Å²) in [7, 11) is 0.